The van der Waals surface area contributed by atoms with Gasteiger partial charge in [-0.1, -0.05) is 18.2 Å². The molecule has 1 aromatic rings. The SMILES string of the molecule is CC(C)(C)OC(=O)NC(Cc1cc(B2OC(C)(C)C(C)(C)O2)cc(C(F)F)c1)C(=O)N1CCC[C@@H](C(=O)O)N1. The number of alkyl halides is 2. The molecule has 2 heterocycles. The molecule has 0 bridgehead atoms. The molecule has 10 nitrogen and oxygen atoms in total. The number of ether oxygens (including phenoxy) is 1. The van der Waals surface area contributed by atoms with E-state index in [0.29, 0.717) is 23.9 Å². The van der Waals surface area contributed by atoms with Crippen molar-refractivity contribution in [2.24, 2.45) is 0 Å². The minimum Gasteiger partial charge on any atom is -0.480 e. The summed E-state index contributed by atoms with van der Waals surface area (Å²) in [5.74, 6) is -1.73. The monoisotopic (exact) mass is 553 g/mol. The molecule has 3 N–H and O–H groups in total. The molecule has 0 saturated carbocycles. The number of amides is 2. The summed E-state index contributed by atoms with van der Waals surface area (Å²) < 4.78 is 45.2. The number of alkyl carbamates (subject to hydrolysis) is 1. The number of carboxylic acid groups (broad SMARTS) is 1. The zero-order valence-corrected chi connectivity index (χ0v) is 23.5. The van der Waals surface area contributed by atoms with Crippen LogP contribution in [-0.4, -0.2) is 70.6 Å². The molecule has 2 aliphatic heterocycles. The van der Waals surface area contributed by atoms with Gasteiger partial charge in [0.1, 0.15) is 17.7 Å². The summed E-state index contributed by atoms with van der Waals surface area (Å²) in [5.41, 5.74) is 0.824. The highest BCUT2D eigenvalue weighted by atomic mass is 19.3. The van der Waals surface area contributed by atoms with Gasteiger partial charge in [-0.05, 0) is 72.3 Å². The van der Waals surface area contributed by atoms with E-state index in [9.17, 15) is 28.3 Å². The molecule has 1 aromatic carbocycles. The molecule has 13 heteroatoms. The van der Waals surface area contributed by atoms with E-state index in [0.717, 1.165) is 5.01 Å². The Labute approximate surface area is 227 Å². The fourth-order valence-electron chi connectivity index (χ4n) is 4.30. The highest BCUT2D eigenvalue weighted by Gasteiger charge is 2.52. The van der Waals surface area contributed by atoms with Crippen LogP contribution in [-0.2, 0) is 30.1 Å². The Bertz CT molecular complexity index is 1080. The second-order valence-electron chi connectivity index (χ2n) is 12.0. The third kappa shape index (κ3) is 7.67. The summed E-state index contributed by atoms with van der Waals surface area (Å²) >= 11 is 0. The number of rotatable bonds is 7. The topological polar surface area (TPSA) is 126 Å². The number of nitrogens with zero attached hydrogens (tertiary/aromatic N) is 1. The summed E-state index contributed by atoms with van der Waals surface area (Å²) in [4.78, 5) is 37.6. The highest BCUT2D eigenvalue weighted by Crippen LogP contribution is 2.37. The first-order valence-corrected chi connectivity index (χ1v) is 13.0. The Morgan fingerprint density at radius 2 is 1.79 bits per heavy atom. The lowest BCUT2D eigenvalue weighted by atomic mass is 9.77. The number of benzene rings is 1. The van der Waals surface area contributed by atoms with Crippen molar-refractivity contribution in [1.29, 1.82) is 0 Å². The number of carbonyl (C=O) groups is 3. The third-order valence-corrected chi connectivity index (χ3v) is 6.99. The van der Waals surface area contributed by atoms with E-state index >= 15 is 0 Å². The molecule has 2 aliphatic rings. The van der Waals surface area contributed by atoms with E-state index in [-0.39, 0.29) is 18.5 Å². The summed E-state index contributed by atoms with van der Waals surface area (Å²) in [6.45, 7) is 12.6. The first-order chi connectivity index (χ1) is 17.9. The number of hydrazine groups is 1. The van der Waals surface area contributed by atoms with Crippen LogP contribution >= 0.6 is 0 Å². The van der Waals surface area contributed by atoms with Crippen LogP contribution in [0.2, 0.25) is 0 Å². The van der Waals surface area contributed by atoms with Crippen molar-refractivity contribution in [1.82, 2.24) is 15.8 Å². The zero-order chi connectivity index (χ0) is 29.3. The molecule has 1 unspecified atom stereocenters. The van der Waals surface area contributed by atoms with Crippen molar-refractivity contribution in [2.75, 3.05) is 6.54 Å². The number of nitrogens with one attached hydrogen (secondary N) is 2. The quantitative estimate of drug-likeness (QED) is 0.440. The van der Waals surface area contributed by atoms with Crippen molar-refractivity contribution in [3.05, 3.63) is 29.3 Å². The maximum Gasteiger partial charge on any atom is 0.494 e. The van der Waals surface area contributed by atoms with Crippen LogP contribution in [0, 0.1) is 0 Å². The smallest absolute Gasteiger partial charge is 0.480 e. The average Bonchev–Trinajstić information content (AvgIpc) is 3.03. The van der Waals surface area contributed by atoms with Gasteiger partial charge in [0.2, 0.25) is 0 Å². The molecule has 2 amide bonds. The van der Waals surface area contributed by atoms with Gasteiger partial charge in [-0.15, -0.1) is 0 Å². The zero-order valence-electron chi connectivity index (χ0n) is 23.5. The lowest BCUT2D eigenvalue weighted by molar-refractivity contribution is -0.147. The molecule has 3 rings (SSSR count). The fraction of sp³-hybridized carbons (Fsp3) is 0.654. The lowest BCUT2D eigenvalue weighted by Gasteiger charge is -2.34. The number of hydrogen-bond donors (Lipinski definition) is 3. The Morgan fingerprint density at radius 1 is 1.18 bits per heavy atom. The molecular formula is C26H38BF2N3O7. The van der Waals surface area contributed by atoms with Crippen LogP contribution in [0.4, 0.5) is 13.6 Å². The largest absolute Gasteiger partial charge is 0.494 e. The molecule has 0 aromatic heterocycles. The van der Waals surface area contributed by atoms with Crippen molar-refractivity contribution < 1.29 is 42.3 Å². The highest BCUT2D eigenvalue weighted by molar-refractivity contribution is 6.62. The van der Waals surface area contributed by atoms with Gasteiger partial charge >= 0.3 is 19.2 Å². The number of hydrogen-bond acceptors (Lipinski definition) is 7. The van der Waals surface area contributed by atoms with Gasteiger partial charge in [0.15, 0.2) is 0 Å². The second-order valence-corrected chi connectivity index (χ2v) is 12.0. The van der Waals surface area contributed by atoms with Crippen LogP contribution in [0.25, 0.3) is 0 Å². The number of halogens is 2. The number of aliphatic carboxylic acids is 1. The van der Waals surface area contributed by atoms with Crippen LogP contribution in [0.3, 0.4) is 0 Å². The molecule has 2 atom stereocenters. The molecule has 0 radical (unpaired) electrons. The van der Waals surface area contributed by atoms with Crippen molar-refractivity contribution in [2.45, 2.75) is 103 Å². The predicted octanol–water partition coefficient (Wildman–Crippen LogP) is 2.94. The lowest BCUT2D eigenvalue weighted by Crippen LogP contribution is -2.60. The molecule has 0 spiro atoms. The third-order valence-electron chi connectivity index (χ3n) is 6.99. The van der Waals surface area contributed by atoms with Crippen LogP contribution in [0.1, 0.15) is 78.9 Å². The average molecular weight is 553 g/mol. The van der Waals surface area contributed by atoms with E-state index in [1.807, 2.05) is 27.7 Å². The van der Waals surface area contributed by atoms with E-state index in [4.69, 9.17) is 14.0 Å². The maximum atomic E-state index is 13.9. The molecule has 216 valence electrons. The van der Waals surface area contributed by atoms with Gasteiger partial charge in [-0.25, -0.2) is 19.0 Å². The summed E-state index contributed by atoms with van der Waals surface area (Å²) in [5, 5.41) is 13.1. The standard InChI is InChI=1S/C26H38BF2N3O7/c1-24(2,3)37-23(36)30-19(21(33)32-10-8-9-18(31-32)22(34)35)13-15-11-16(20(28)29)14-17(12-15)27-38-25(4,5)26(6,7)39-27/h11-12,14,18-20,31H,8-10,13H2,1-7H3,(H,30,36)(H,34,35)/t18-,19?/m0/s1. The Kier molecular flexibility index (Phi) is 8.98. The Morgan fingerprint density at radius 3 is 2.33 bits per heavy atom. The normalized spacial score (nSPS) is 21.5. The second kappa shape index (κ2) is 11.4. The van der Waals surface area contributed by atoms with Gasteiger partial charge in [-0.3, -0.25) is 14.6 Å². The van der Waals surface area contributed by atoms with E-state index in [1.54, 1.807) is 26.8 Å². The first-order valence-electron chi connectivity index (χ1n) is 13.0. The van der Waals surface area contributed by atoms with Crippen molar-refractivity contribution >= 4 is 30.6 Å². The Hall–Kier alpha value is -2.77. The predicted molar refractivity (Wildman–Crippen MR) is 139 cm³/mol. The van der Waals surface area contributed by atoms with Crippen LogP contribution < -0.4 is 16.2 Å². The van der Waals surface area contributed by atoms with Crippen LogP contribution in [0.15, 0.2) is 18.2 Å². The van der Waals surface area contributed by atoms with Crippen molar-refractivity contribution in [3.63, 3.8) is 0 Å². The van der Waals surface area contributed by atoms with E-state index in [1.165, 1.54) is 12.1 Å². The molecule has 2 fully saturated rings. The maximum absolute atomic E-state index is 13.9. The summed E-state index contributed by atoms with van der Waals surface area (Å²) in [7, 11) is -0.916. The Balaban J connectivity index is 1.93. The van der Waals surface area contributed by atoms with Crippen LogP contribution in [0.5, 0.6) is 0 Å². The molecule has 0 aliphatic carbocycles. The van der Waals surface area contributed by atoms with Gasteiger partial charge in [0.25, 0.3) is 12.3 Å². The van der Waals surface area contributed by atoms with Gasteiger partial charge in [0.05, 0.1) is 11.2 Å². The van der Waals surface area contributed by atoms with Gasteiger partial charge < -0.3 is 24.5 Å². The van der Waals surface area contributed by atoms with E-state index in [2.05, 4.69) is 10.7 Å². The molecular weight excluding hydrogens is 515 g/mol. The minimum absolute atomic E-state index is 0.166. The summed E-state index contributed by atoms with van der Waals surface area (Å²) in [6.07, 6.45) is -3.08. The van der Waals surface area contributed by atoms with E-state index < -0.39 is 60.4 Å². The number of carbonyl (C=O) groups excluding carboxylic acids is 2. The van der Waals surface area contributed by atoms with Crippen molar-refractivity contribution in [3.8, 4) is 0 Å². The summed E-state index contributed by atoms with van der Waals surface area (Å²) in [6, 6.07) is 1.97. The fourth-order valence-corrected chi connectivity index (χ4v) is 4.30. The molecule has 2 saturated heterocycles. The minimum atomic E-state index is -2.81. The number of carboxylic acids is 1. The first kappa shape index (κ1) is 30.8. The van der Waals surface area contributed by atoms with Gasteiger partial charge in [-0.2, -0.15) is 0 Å². The van der Waals surface area contributed by atoms with Gasteiger partial charge in [0, 0.05) is 18.5 Å². The molecule has 39 heavy (non-hydrogen) atoms.